The minimum absolute atomic E-state index is 0.0628. The number of anilines is 1. The fourth-order valence-electron chi connectivity index (χ4n) is 2.80. The van der Waals surface area contributed by atoms with Crippen molar-refractivity contribution >= 4 is 35.1 Å². The zero-order chi connectivity index (χ0) is 18.5. The average molecular weight is 371 g/mol. The molecule has 1 atom stereocenters. The van der Waals surface area contributed by atoms with E-state index in [0.29, 0.717) is 13.2 Å². The number of nitrogens with zero attached hydrogens (tertiary/aromatic N) is 2. The van der Waals surface area contributed by atoms with Crippen molar-refractivity contribution < 1.29 is 14.3 Å². The number of aryl methyl sites for hydroxylation is 1. The van der Waals surface area contributed by atoms with Crippen molar-refractivity contribution in [3.8, 4) is 5.75 Å². The highest BCUT2D eigenvalue weighted by Gasteiger charge is 2.35. The van der Waals surface area contributed by atoms with Gasteiger partial charge in [0.15, 0.2) is 0 Å². The standard InChI is InChI=1S/C19H21N3O3S/c1-3-25-16-7-5-15(6-8-16)22-12-14(10-18(22)23)19(24)21-20-11-17-9-4-13(2)26-17/h4-9,11,14H,3,10,12H2,1-2H3,(H,21,24)/b20-11-/t14-/m0/s1. The first-order valence-corrected chi connectivity index (χ1v) is 9.31. The summed E-state index contributed by atoms with van der Waals surface area (Å²) in [5.74, 6) is 0.0510. The molecule has 0 radical (unpaired) electrons. The molecule has 2 amide bonds. The van der Waals surface area contributed by atoms with Crippen molar-refractivity contribution in [2.24, 2.45) is 11.0 Å². The predicted molar refractivity (Wildman–Crippen MR) is 103 cm³/mol. The molecule has 1 saturated heterocycles. The molecule has 2 heterocycles. The molecule has 1 aromatic heterocycles. The fraction of sp³-hybridized carbons (Fsp3) is 0.316. The molecule has 2 aromatic rings. The van der Waals surface area contributed by atoms with E-state index >= 15 is 0 Å². The van der Waals surface area contributed by atoms with E-state index in [1.807, 2.05) is 50.2 Å². The van der Waals surface area contributed by atoms with Crippen LogP contribution in [0.5, 0.6) is 5.75 Å². The Hall–Kier alpha value is -2.67. The number of carbonyl (C=O) groups excluding carboxylic acids is 2. The van der Waals surface area contributed by atoms with Gasteiger partial charge in [-0.25, -0.2) is 5.43 Å². The maximum Gasteiger partial charge on any atom is 0.245 e. The Morgan fingerprint density at radius 2 is 2.12 bits per heavy atom. The number of carbonyl (C=O) groups is 2. The number of hydrogen-bond acceptors (Lipinski definition) is 5. The van der Waals surface area contributed by atoms with Crippen molar-refractivity contribution in [3.05, 3.63) is 46.2 Å². The largest absolute Gasteiger partial charge is 0.494 e. The lowest BCUT2D eigenvalue weighted by molar-refractivity contribution is -0.126. The lowest BCUT2D eigenvalue weighted by atomic mass is 10.1. The molecule has 3 rings (SSSR count). The Balaban J connectivity index is 1.58. The highest BCUT2D eigenvalue weighted by molar-refractivity contribution is 7.13. The Labute approximate surface area is 156 Å². The van der Waals surface area contributed by atoms with Gasteiger partial charge in [-0.05, 0) is 50.2 Å². The zero-order valence-corrected chi connectivity index (χ0v) is 15.6. The van der Waals surface area contributed by atoms with Gasteiger partial charge in [-0.3, -0.25) is 9.59 Å². The molecule has 26 heavy (non-hydrogen) atoms. The fourth-order valence-corrected chi connectivity index (χ4v) is 3.54. The molecule has 0 aliphatic carbocycles. The molecule has 7 heteroatoms. The normalized spacial score (nSPS) is 17.1. The Kier molecular flexibility index (Phi) is 5.68. The average Bonchev–Trinajstić information content (AvgIpc) is 3.22. The number of amides is 2. The molecule has 1 aliphatic heterocycles. The third kappa shape index (κ3) is 4.29. The van der Waals surface area contributed by atoms with E-state index in [0.717, 1.165) is 16.3 Å². The Morgan fingerprint density at radius 1 is 1.35 bits per heavy atom. The number of benzene rings is 1. The summed E-state index contributed by atoms with van der Waals surface area (Å²) in [5, 5.41) is 3.99. The second kappa shape index (κ2) is 8.14. The van der Waals surface area contributed by atoms with Crippen LogP contribution in [0.25, 0.3) is 0 Å². The monoisotopic (exact) mass is 371 g/mol. The quantitative estimate of drug-likeness (QED) is 0.627. The van der Waals surface area contributed by atoms with Crippen LogP contribution in [0.4, 0.5) is 5.69 Å². The summed E-state index contributed by atoms with van der Waals surface area (Å²) in [5.41, 5.74) is 3.31. The van der Waals surface area contributed by atoms with E-state index in [4.69, 9.17) is 4.74 Å². The summed E-state index contributed by atoms with van der Waals surface area (Å²) in [6.07, 6.45) is 1.81. The number of hydrazone groups is 1. The molecule has 1 fully saturated rings. The number of hydrogen-bond donors (Lipinski definition) is 1. The SMILES string of the molecule is CCOc1ccc(N2C[C@@H](C(=O)N/N=C\c3ccc(C)s3)CC2=O)cc1. The van der Waals surface area contributed by atoms with Crippen LogP contribution < -0.4 is 15.1 Å². The topological polar surface area (TPSA) is 71.0 Å². The summed E-state index contributed by atoms with van der Waals surface area (Å²) < 4.78 is 5.41. The van der Waals surface area contributed by atoms with Gasteiger partial charge in [0.2, 0.25) is 11.8 Å². The summed E-state index contributed by atoms with van der Waals surface area (Å²) in [4.78, 5) is 28.3. The van der Waals surface area contributed by atoms with Gasteiger partial charge in [0.1, 0.15) is 5.75 Å². The third-order valence-corrected chi connectivity index (χ3v) is 5.02. The van der Waals surface area contributed by atoms with Gasteiger partial charge in [-0.1, -0.05) is 0 Å². The minimum atomic E-state index is -0.406. The number of ether oxygens (including phenoxy) is 1. The van der Waals surface area contributed by atoms with E-state index in [1.165, 1.54) is 4.88 Å². The summed E-state index contributed by atoms with van der Waals surface area (Å²) in [6.45, 7) is 4.88. The molecular formula is C19H21N3O3S. The first-order chi connectivity index (χ1) is 12.6. The highest BCUT2D eigenvalue weighted by atomic mass is 32.1. The minimum Gasteiger partial charge on any atom is -0.494 e. The van der Waals surface area contributed by atoms with Crippen LogP contribution in [0.1, 0.15) is 23.1 Å². The van der Waals surface area contributed by atoms with E-state index in [9.17, 15) is 9.59 Å². The molecule has 1 aromatic carbocycles. The number of nitrogens with one attached hydrogen (secondary N) is 1. The van der Waals surface area contributed by atoms with E-state index < -0.39 is 5.92 Å². The number of thiophene rings is 1. The Bertz CT molecular complexity index is 814. The maximum absolute atomic E-state index is 12.3. The zero-order valence-electron chi connectivity index (χ0n) is 14.8. The molecule has 1 N–H and O–H groups in total. The maximum atomic E-state index is 12.3. The second-order valence-corrected chi connectivity index (χ2v) is 7.33. The van der Waals surface area contributed by atoms with Crippen LogP contribution in [0.2, 0.25) is 0 Å². The summed E-state index contributed by atoms with van der Waals surface area (Å²) in [6, 6.07) is 11.3. The van der Waals surface area contributed by atoms with E-state index in [-0.39, 0.29) is 18.2 Å². The molecule has 0 spiro atoms. The third-order valence-electron chi connectivity index (χ3n) is 4.08. The molecule has 1 aliphatic rings. The van der Waals surface area contributed by atoms with Crippen LogP contribution in [0.3, 0.4) is 0 Å². The van der Waals surface area contributed by atoms with Crippen molar-refractivity contribution in [2.75, 3.05) is 18.1 Å². The molecule has 0 bridgehead atoms. The van der Waals surface area contributed by atoms with E-state index in [1.54, 1.807) is 22.5 Å². The first-order valence-electron chi connectivity index (χ1n) is 8.49. The van der Waals surface area contributed by atoms with Crippen LogP contribution >= 0.6 is 11.3 Å². The van der Waals surface area contributed by atoms with Crippen LogP contribution in [0, 0.1) is 12.8 Å². The molecule has 136 valence electrons. The first kappa shape index (κ1) is 18.1. The molecular weight excluding hydrogens is 350 g/mol. The van der Waals surface area contributed by atoms with Crippen LogP contribution in [-0.2, 0) is 9.59 Å². The van der Waals surface area contributed by atoms with E-state index in [2.05, 4.69) is 10.5 Å². The highest BCUT2D eigenvalue weighted by Crippen LogP contribution is 2.27. The van der Waals surface area contributed by atoms with Gasteiger partial charge in [0.05, 0.1) is 18.7 Å². The smallest absolute Gasteiger partial charge is 0.245 e. The van der Waals surface area contributed by atoms with Gasteiger partial charge in [-0.2, -0.15) is 5.10 Å². The van der Waals surface area contributed by atoms with Crippen molar-refractivity contribution in [3.63, 3.8) is 0 Å². The summed E-state index contributed by atoms with van der Waals surface area (Å²) in [7, 11) is 0. The van der Waals surface area contributed by atoms with Gasteiger partial charge >= 0.3 is 0 Å². The van der Waals surface area contributed by atoms with Gasteiger partial charge in [0.25, 0.3) is 0 Å². The Morgan fingerprint density at radius 3 is 2.77 bits per heavy atom. The molecule has 0 unspecified atom stereocenters. The predicted octanol–water partition coefficient (Wildman–Crippen LogP) is 2.96. The van der Waals surface area contributed by atoms with Gasteiger partial charge < -0.3 is 9.64 Å². The number of rotatable bonds is 6. The molecule has 6 nitrogen and oxygen atoms in total. The lowest BCUT2D eigenvalue weighted by Crippen LogP contribution is -2.30. The van der Waals surface area contributed by atoms with Crippen LogP contribution in [0.15, 0.2) is 41.5 Å². The van der Waals surface area contributed by atoms with Crippen molar-refractivity contribution in [1.29, 1.82) is 0 Å². The van der Waals surface area contributed by atoms with Gasteiger partial charge in [0, 0.05) is 28.4 Å². The van der Waals surface area contributed by atoms with Crippen molar-refractivity contribution in [2.45, 2.75) is 20.3 Å². The second-order valence-electron chi connectivity index (χ2n) is 6.01. The van der Waals surface area contributed by atoms with Crippen LogP contribution in [-0.4, -0.2) is 31.2 Å². The summed E-state index contributed by atoms with van der Waals surface area (Å²) >= 11 is 1.60. The van der Waals surface area contributed by atoms with Gasteiger partial charge in [-0.15, -0.1) is 11.3 Å². The van der Waals surface area contributed by atoms with Crippen molar-refractivity contribution in [1.82, 2.24) is 5.43 Å². The lowest BCUT2D eigenvalue weighted by Gasteiger charge is -2.17. The molecule has 0 saturated carbocycles.